The van der Waals surface area contributed by atoms with Gasteiger partial charge in [0, 0.05) is 0 Å². The molecule has 28 heavy (non-hydrogen) atoms. The van der Waals surface area contributed by atoms with Crippen molar-refractivity contribution in [3.8, 4) is 0 Å². The highest BCUT2D eigenvalue weighted by Crippen LogP contribution is 2.40. The van der Waals surface area contributed by atoms with Gasteiger partial charge in [-0.3, -0.25) is 0 Å². The molecule has 132 valence electrons. The van der Waals surface area contributed by atoms with E-state index in [9.17, 15) is 0 Å². The molecule has 0 spiro atoms. The second-order valence-corrected chi connectivity index (χ2v) is 9.23. The molecular formula is C24H14N2S2. The lowest BCUT2D eigenvalue weighted by molar-refractivity contribution is 1.24. The van der Waals surface area contributed by atoms with Gasteiger partial charge in [-0.25, -0.2) is 0 Å². The van der Waals surface area contributed by atoms with Gasteiger partial charge in [-0.1, -0.05) is 36.4 Å². The molecule has 0 radical (unpaired) electrons. The molecule has 2 nitrogen and oxygen atoms in total. The zero-order chi connectivity index (χ0) is 18.2. The zero-order valence-corrected chi connectivity index (χ0v) is 16.4. The Labute approximate surface area is 168 Å². The Balaban J connectivity index is 1.99. The van der Waals surface area contributed by atoms with E-state index in [0.29, 0.717) is 0 Å². The minimum atomic E-state index is 1.24. The van der Waals surface area contributed by atoms with Gasteiger partial charge in [0.15, 0.2) is 0 Å². The number of para-hydroxylation sites is 4. The molecule has 0 N–H and O–H groups in total. The second-order valence-electron chi connectivity index (χ2n) is 7.06. The van der Waals surface area contributed by atoms with Crippen LogP contribution < -0.4 is 0 Å². The quantitative estimate of drug-likeness (QED) is 0.186. The van der Waals surface area contributed by atoms with Gasteiger partial charge in [0.2, 0.25) is 0 Å². The van der Waals surface area contributed by atoms with Crippen LogP contribution in [-0.2, 0) is 0 Å². The summed E-state index contributed by atoms with van der Waals surface area (Å²) < 4.78 is 10.2. The van der Waals surface area contributed by atoms with Crippen LogP contribution in [-0.4, -0.2) is 8.80 Å². The van der Waals surface area contributed by atoms with Crippen molar-refractivity contribution in [2.24, 2.45) is 0 Å². The van der Waals surface area contributed by atoms with Crippen LogP contribution >= 0.6 is 22.7 Å². The Hall–Kier alpha value is -3.08. The Morgan fingerprint density at radius 3 is 1.25 bits per heavy atom. The molecule has 3 heterocycles. The van der Waals surface area contributed by atoms with E-state index in [2.05, 4.69) is 93.7 Å². The normalized spacial score (nSPS) is 12.3. The number of hydrogen-bond donors (Lipinski definition) is 0. The Bertz CT molecular complexity index is 1600. The lowest BCUT2D eigenvalue weighted by Crippen LogP contribution is -2.03. The van der Waals surface area contributed by atoms with Crippen LogP contribution in [0.25, 0.3) is 51.9 Å². The van der Waals surface area contributed by atoms with E-state index < -0.39 is 0 Å². The second kappa shape index (κ2) is 5.25. The summed E-state index contributed by atoms with van der Waals surface area (Å²) in [6, 6.07) is 30.8. The van der Waals surface area contributed by atoms with Gasteiger partial charge >= 0.3 is 0 Å². The average Bonchev–Trinajstić information content (AvgIpc) is 2.76. The van der Waals surface area contributed by atoms with E-state index in [-0.39, 0.29) is 0 Å². The average molecular weight is 395 g/mol. The number of rotatable bonds is 0. The van der Waals surface area contributed by atoms with Crippen molar-refractivity contribution in [3.63, 3.8) is 0 Å². The van der Waals surface area contributed by atoms with E-state index in [0.717, 1.165) is 0 Å². The summed E-state index contributed by atoms with van der Waals surface area (Å²) in [5.74, 6) is 0. The van der Waals surface area contributed by atoms with Crippen LogP contribution in [0.3, 0.4) is 0 Å². The maximum atomic E-state index is 2.46. The Morgan fingerprint density at radius 1 is 0.393 bits per heavy atom. The molecule has 0 bridgehead atoms. The number of aromatic nitrogens is 2. The fourth-order valence-electron chi connectivity index (χ4n) is 4.42. The highest BCUT2D eigenvalue weighted by atomic mass is 32.1. The monoisotopic (exact) mass is 394 g/mol. The first-order chi connectivity index (χ1) is 13.9. The third kappa shape index (κ3) is 1.77. The van der Waals surface area contributed by atoms with E-state index in [1.807, 2.05) is 22.7 Å². The van der Waals surface area contributed by atoms with Gasteiger partial charge in [-0.2, -0.15) is 0 Å². The summed E-state index contributed by atoms with van der Waals surface area (Å²) >= 11 is 3.75. The van der Waals surface area contributed by atoms with Crippen LogP contribution in [0.1, 0.15) is 0 Å². The molecule has 0 saturated carbocycles. The van der Waals surface area contributed by atoms with Crippen molar-refractivity contribution in [3.05, 3.63) is 84.9 Å². The van der Waals surface area contributed by atoms with Crippen LogP contribution in [0, 0.1) is 0 Å². The van der Waals surface area contributed by atoms with Crippen LogP contribution in [0.5, 0.6) is 0 Å². The van der Waals surface area contributed by atoms with Crippen molar-refractivity contribution >= 4 is 74.6 Å². The smallest absolute Gasteiger partial charge is 0.0892 e. The highest BCUT2D eigenvalue weighted by molar-refractivity contribution is 7.26. The van der Waals surface area contributed by atoms with E-state index in [1.165, 1.54) is 51.9 Å². The summed E-state index contributed by atoms with van der Waals surface area (Å²) in [4.78, 5) is 0. The molecule has 4 aromatic carbocycles. The zero-order valence-electron chi connectivity index (χ0n) is 14.8. The van der Waals surface area contributed by atoms with Crippen molar-refractivity contribution in [2.45, 2.75) is 0 Å². The van der Waals surface area contributed by atoms with Gasteiger partial charge in [-0.05, 0) is 48.5 Å². The lowest BCUT2D eigenvalue weighted by Gasteiger charge is -2.20. The third-order valence-electron chi connectivity index (χ3n) is 5.54. The van der Waals surface area contributed by atoms with Crippen molar-refractivity contribution in [2.75, 3.05) is 0 Å². The SMILES string of the molecule is c1ccc2c(c1)sc1ccc3sc4ccccc4n4c5ccccc5n2c1c34. The lowest BCUT2D eigenvalue weighted by atomic mass is 10.2. The first-order valence-corrected chi connectivity index (χ1v) is 10.9. The summed E-state index contributed by atoms with van der Waals surface area (Å²) in [7, 11) is 0. The number of nitrogens with zero attached hydrogens (tertiary/aromatic N) is 2. The van der Waals surface area contributed by atoms with Crippen LogP contribution in [0.15, 0.2) is 84.9 Å². The molecule has 0 aliphatic rings. The predicted molar refractivity (Wildman–Crippen MR) is 123 cm³/mol. The largest absolute Gasteiger partial charge is 0.304 e. The molecule has 0 aliphatic heterocycles. The Kier molecular flexibility index (Phi) is 2.80. The number of benzene rings is 4. The first kappa shape index (κ1) is 14.9. The molecule has 7 rings (SSSR count). The van der Waals surface area contributed by atoms with Gasteiger partial charge in [0.25, 0.3) is 0 Å². The van der Waals surface area contributed by atoms with Gasteiger partial charge < -0.3 is 8.80 Å². The molecule has 0 amide bonds. The standard InChI is InChI=1S/C24H14N2S2/c1-2-8-16-15(7-1)25-17-9-3-5-11-19(17)27-21-13-14-22-24(23(21)25)26(16)18-10-4-6-12-20(18)28-22/h1-14H. The fourth-order valence-corrected chi connectivity index (χ4v) is 6.55. The van der Waals surface area contributed by atoms with Gasteiger partial charge in [0.1, 0.15) is 0 Å². The third-order valence-corrected chi connectivity index (χ3v) is 7.77. The molecule has 7 aromatic rings. The van der Waals surface area contributed by atoms with Gasteiger partial charge in [-0.15, -0.1) is 22.7 Å². The van der Waals surface area contributed by atoms with E-state index in [4.69, 9.17) is 0 Å². The van der Waals surface area contributed by atoms with Crippen molar-refractivity contribution in [1.29, 1.82) is 0 Å². The minimum absolute atomic E-state index is 1.24. The minimum Gasteiger partial charge on any atom is -0.304 e. The van der Waals surface area contributed by atoms with Gasteiger partial charge in [0.05, 0.1) is 51.9 Å². The molecule has 0 aliphatic carbocycles. The van der Waals surface area contributed by atoms with Crippen molar-refractivity contribution in [1.82, 2.24) is 8.80 Å². The topological polar surface area (TPSA) is 8.82 Å². The highest BCUT2D eigenvalue weighted by Gasteiger charge is 2.17. The number of fused-ring (bicyclic) bond motifs is 7. The molecule has 3 aromatic heterocycles. The van der Waals surface area contributed by atoms with E-state index >= 15 is 0 Å². The maximum absolute atomic E-state index is 2.46. The Morgan fingerprint density at radius 2 is 0.786 bits per heavy atom. The molecular weight excluding hydrogens is 380 g/mol. The summed E-state index contributed by atoms with van der Waals surface area (Å²) in [5.41, 5.74) is 7.63. The fraction of sp³-hybridized carbons (Fsp3) is 0. The molecule has 0 saturated heterocycles. The summed E-state index contributed by atoms with van der Waals surface area (Å²) in [5, 5.41) is 0. The molecule has 0 atom stereocenters. The predicted octanol–water partition coefficient (Wildman–Crippen LogP) is 7.49. The summed E-state index contributed by atoms with van der Waals surface area (Å²) in [6.07, 6.45) is 0. The van der Waals surface area contributed by atoms with E-state index in [1.54, 1.807) is 0 Å². The van der Waals surface area contributed by atoms with Crippen molar-refractivity contribution < 1.29 is 0 Å². The van der Waals surface area contributed by atoms with Crippen LogP contribution in [0.2, 0.25) is 0 Å². The molecule has 0 unspecified atom stereocenters. The first-order valence-electron chi connectivity index (χ1n) is 9.30. The molecule has 4 heteroatoms. The number of hydrogen-bond acceptors (Lipinski definition) is 2. The maximum Gasteiger partial charge on any atom is 0.0892 e. The summed E-state index contributed by atoms with van der Waals surface area (Å²) in [6.45, 7) is 0. The van der Waals surface area contributed by atoms with Crippen LogP contribution in [0.4, 0.5) is 0 Å². The molecule has 0 fully saturated rings.